The van der Waals surface area contributed by atoms with Crippen LogP contribution in [0.3, 0.4) is 0 Å². The summed E-state index contributed by atoms with van der Waals surface area (Å²) >= 11 is 0. The molecule has 0 amide bonds. The highest BCUT2D eigenvalue weighted by atomic mass is 16.6. The standard InChI is InChI=1S/C12H17N3O6/c1-5-3-14(11(18)13-9(5)17)10-8(16)12(19)6(2)15(20)4-7(12)21-10/h3,6-8,10,16,19-20H,4H2,1-2H3,(H,13,17,18)/t6-,7-,8+,10-,12-/m1/s1. The van der Waals surface area contributed by atoms with E-state index in [9.17, 15) is 25.0 Å². The second kappa shape index (κ2) is 4.49. The molecule has 3 heterocycles. The number of fused-ring (bicyclic) bond motifs is 1. The second-order valence-electron chi connectivity index (χ2n) is 5.62. The summed E-state index contributed by atoms with van der Waals surface area (Å²) in [5.41, 5.74) is -2.65. The minimum Gasteiger partial charge on any atom is -0.385 e. The molecule has 0 unspecified atom stereocenters. The average molecular weight is 299 g/mol. The Morgan fingerprint density at radius 3 is 2.76 bits per heavy atom. The molecular weight excluding hydrogens is 282 g/mol. The van der Waals surface area contributed by atoms with Gasteiger partial charge in [0, 0.05) is 11.8 Å². The number of hydrogen-bond acceptors (Lipinski definition) is 7. The number of H-pyrrole nitrogens is 1. The Balaban J connectivity index is 2.03. The number of aromatic amines is 1. The predicted octanol–water partition coefficient (Wildman–Crippen LogP) is -2.07. The fourth-order valence-corrected chi connectivity index (χ4v) is 3.04. The van der Waals surface area contributed by atoms with Crippen molar-refractivity contribution in [1.82, 2.24) is 14.6 Å². The van der Waals surface area contributed by atoms with E-state index >= 15 is 0 Å². The van der Waals surface area contributed by atoms with Gasteiger partial charge < -0.3 is 20.2 Å². The van der Waals surface area contributed by atoms with Gasteiger partial charge in [-0.3, -0.25) is 14.3 Å². The molecule has 3 rings (SSSR count). The Labute approximate surface area is 119 Å². The molecule has 116 valence electrons. The van der Waals surface area contributed by atoms with Gasteiger partial charge in [0.1, 0.15) is 17.8 Å². The van der Waals surface area contributed by atoms with Crippen LogP contribution in [0.4, 0.5) is 0 Å². The first-order valence-electron chi connectivity index (χ1n) is 6.60. The lowest BCUT2D eigenvalue weighted by Gasteiger charge is -2.31. The van der Waals surface area contributed by atoms with Gasteiger partial charge in [0.25, 0.3) is 5.56 Å². The molecule has 4 N–H and O–H groups in total. The van der Waals surface area contributed by atoms with Gasteiger partial charge in [0.15, 0.2) is 6.23 Å². The summed E-state index contributed by atoms with van der Waals surface area (Å²) in [4.78, 5) is 25.4. The number of nitrogens with zero attached hydrogens (tertiary/aromatic N) is 2. The highest BCUT2D eigenvalue weighted by molar-refractivity contribution is 5.13. The van der Waals surface area contributed by atoms with Crippen LogP contribution in [0.15, 0.2) is 15.8 Å². The van der Waals surface area contributed by atoms with Crippen molar-refractivity contribution >= 4 is 0 Å². The van der Waals surface area contributed by atoms with Crippen LogP contribution in [0.2, 0.25) is 0 Å². The smallest absolute Gasteiger partial charge is 0.330 e. The number of ether oxygens (including phenoxy) is 1. The normalized spacial score (nSPS) is 39.7. The number of aryl methyl sites for hydroxylation is 1. The lowest BCUT2D eigenvalue weighted by atomic mass is 9.89. The monoisotopic (exact) mass is 299 g/mol. The highest BCUT2D eigenvalue weighted by Crippen LogP contribution is 2.44. The number of aliphatic hydroxyl groups is 2. The Bertz CT molecular complexity index is 684. The first-order valence-corrected chi connectivity index (χ1v) is 6.60. The molecule has 0 aromatic carbocycles. The number of hydrogen-bond donors (Lipinski definition) is 4. The van der Waals surface area contributed by atoms with E-state index in [0.717, 1.165) is 9.63 Å². The lowest BCUT2D eigenvalue weighted by Crippen LogP contribution is -2.54. The topological polar surface area (TPSA) is 128 Å². The van der Waals surface area contributed by atoms with E-state index in [-0.39, 0.29) is 12.1 Å². The van der Waals surface area contributed by atoms with Gasteiger partial charge >= 0.3 is 5.69 Å². The van der Waals surface area contributed by atoms with Crippen LogP contribution < -0.4 is 11.2 Å². The van der Waals surface area contributed by atoms with Crippen LogP contribution in [0, 0.1) is 6.92 Å². The Hall–Kier alpha value is -1.52. The SMILES string of the molecule is Cc1cn([C@@H]2O[C@@H]3CN(O)[C@H](C)[C@]3(O)[C@H]2O)c(=O)[nH]c1=O. The molecule has 2 saturated heterocycles. The highest BCUT2D eigenvalue weighted by Gasteiger charge is 2.64. The molecule has 0 aliphatic carbocycles. The quantitative estimate of drug-likeness (QED) is 0.469. The zero-order valence-corrected chi connectivity index (χ0v) is 11.6. The summed E-state index contributed by atoms with van der Waals surface area (Å²) in [5, 5.41) is 31.5. The van der Waals surface area contributed by atoms with E-state index in [1.165, 1.54) is 13.1 Å². The van der Waals surface area contributed by atoms with Crippen LogP contribution in [-0.4, -0.2) is 60.4 Å². The Morgan fingerprint density at radius 1 is 1.48 bits per heavy atom. The van der Waals surface area contributed by atoms with Gasteiger partial charge in [-0.2, -0.15) is 5.06 Å². The van der Waals surface area contributed by atoms with E-state index in [4.69, 9.17) is 4.74 Å². The number of hydroxylamine groups is 2. The van der Waals surface area contributed by atoms with Gasteiger partial charge in [-0.1, -0.05) is 0 Å². The summed E-state index contributed by atoms with van der Waals surface area (Å²) in [6, 6.07) is -0.748. The van der Waals surface area contributed by atoms with E-state index < -0.39 is 41.3 Å². The van der Waals surface area contributed by atoms with Crippen molar-refractivity contribution in [2.45, 2.75) is 43.9 Å². The third-order valence-electron chi connectivity index (χ3n) is 4.45. The largest absolute Gasteiger partial charge is 0.385 e. The van der Waals surface area contributed by atoms with Gasteiger partial charge in [-0.15, -0.1) is 0 Å². The fourth-order valence-electron chi connectivity index (χ4n) is 3.04. The molecule has 2 fully saturated rings. The van der Waals surface area contributed by atoms with Crippen LogP contribution in [0.1, 0.15) is 18.7 Å². The van der Waals surface area contributed by atoms with Gasteiger partial charge in [0.2, 0.25) is 0 Å². The average Bonchev–Trinajstić information content (AvgIpc) is 2.79. The molecule has 9 nitrogen and oxygen atoms in total. The second-order valence-corrected chi connectivity index (χ2v) is 5.62. The maximum Gasteiger partial charge on any atom is 0.330 e. The summed E-state index contributed by atoms with van der Waals surface area (Å²) in [6.45, 7) is 3.09. The van der Waals surface area contributed by atoms with Crippen molar-refractivity contribution < 1.29 is 20.2 Å². The maximum atomic E-state index is 11.9. The Kier molecular flexibility index (Phi) is 3.08. The number of rotatable bonds is 1. The zero-order chi connectivity index (χ0) is 15.5. The van der Waals surface area contributed by atoms with Crippen molar-refractivity contribution in [2.75, 3.05) is 6.54 Å². The van der Waals surface area contributed by atoms with E-state index in [1.807, 2.05) is 0 Å². The molecule has 2 aliphatic rings. The summed E-state index contributed by atoms with van der Waals surface area (Å²) < 4.78 is 6.59. The molecule has 5 atom stereocenters. The third-order valence-corrected chi connectivity index (χ3v) is 4.45. The van der Waals surface area contributed by atoms with Crippen LogP contribution in [0.25, 0.3) is 0 Å². The summed E-state index contributed by atoms with van der Waals surface area (Å²) in [5.74, 6) is 0. The molecule has 21 heavy (non-hydrogen) atoms. The van der Waals surface area contributed by atoms with Crippen molar-refractivity contribution in [1.29, 1.82) is 0 Å². The van der Waals surface area contributed by atoms with E-state index in [1.54, 1.807) is 6.92 Å². The fraction of sp³-hybridized carbons (Fsp3) is 0.667. The van der Waals surface area contributed by atoms with Gasteiger partial charge in [0.05, 0.1) is 12.6 Å². The first kappa shape index (κ1) is 14.4. The molecule has 1 aromatic heterocycles. The van der Waals surface area contributed by atoms with E-state index in [0.29, 0.717) is 0 Å². The summed E-state index contributed by atoms with van der Waals surface area (Å²) in [7, 11) is 0. The molecular formula is C12H17N3O6. The van der Waals surface area contributed by atoms with Crippen molar-refractivity contribution in [3.8, 4) is 0 Å². The predicted molar refractivity (Wildman–Crippen MR) is 68.9 cm³/mol. The molecule has 0 radical (unpaired) electrons. The third kappa shape index (κ3) is 1.82. The first-order chi connectivity index (χ1) is 9.76. The summed E-state index contributed by atoms with van der Waals surface area (Å²) in [6.07, 6.45) is -2.10. The van der Waals surface area contributed by atoms with Crippen molar-refractivity contribution in [3.63, 3.8) is 0 Å². The number of aliphatic hydroxyl groups excluding tert-OH is 1. The van der Waals surface area contributed by atoms with Gasteiger partial charge in [-0.25, -0.2) is 4.79 Å². The zero-order valence-electron chi connectivity index (χ0n) is 11.6. The molecule has 0 spiro atoms. The minimum absolute atomic E-state index is 0.0162. The van der Waals surface area contributed by atoms with Crippen LogP contribution in [-0.2, 0) is 4.74 Å². The van der Waals surface area contributed by atoms with Crippen LogP contribution in [0.5, 0.6) is 0 Å². The maximum absolute atomic E-state index is 11.9. The number of aromatic nitrogens is 2. The lowest BCUT2D eigenvalue weighted by molar-refractivity contribution is -0.162. The minimum atomic E-state index is -1.69. The molecule has 0 saturated carbocycles. The van der Waals surface area contributed by atoms with Gasteiger partial charge in [-0.05, 0) is 13.8 Å². The Morgan fingerprint density at radius 2 is 2.14 bits per heavy atom. The number of nitrogens with one attached hydrogen (secondary N) is 1. The molecule has 2 aliphatic heterocycles. The van der Waals surface area contributed by atoms with Crippen molar-refractivity contribution in [3.05, 3.63) is 32.6 Å². The molecule has 9 heteroatoms. The van der Waals surface area contributed by atoms with E-state index in [2.05, 4.69) is 4.98 Å². The van der Waals surface area contributed by atoms with Crippen molar-refractivity contribution in [2.24, 2.45) is 0 Å². The molecule has 1 aromatic rings. The van der Waals surface area contributed by atoms with Crippen LogP contribution >= 0.6 is 0 Å². The molecule has 0 bridgehead atoms.